The maximum atomic E-state index is 11.5. The summed E-state index contributed by atoms with van der Waals surface area (Å²) in [4.78, 5) is 18.1. The van der Waals surface area contributed by atoms with Crippen LogP contribution in [0.4, 0.5) is 5.82 Å². The van der Waals surface area contributed by atoms with Crippen molar-refractivity contribution in [2.45, 2.75) is 25.9 Å². The lowest BCUT2D eigenvalue weighted by molar-refractivity contribution is 0.0600. The molecule has 0 spiro atoms. The first-order chi connectivity index (χ1) is 12.7. The highest BCUT2D eigenvalue weighted by Gasteiger charge is 2.23. The summed E-state index contributed by atoms with van der Waals surface area (Å²) in [6.07, 6.45) is 3.61. The molecule has 0 saturated carbocycles. The van der Waals surface area contributed by atoms with E-state index in [-0.39, 0.29) is 12.1 Å². The Morgan fingerprint density at radius 2 is 2.04 bits per heavy atom. The average Bonchev–Trinajstić information content (AvgIpc) is 2.69. The van der Waals surface area contributed by atoms with Crippen LogP contribution in [-0.2, 0) is 4.74 Å². The number of esters is 1. The van der Waals surface area contributed by atoms with Gasteiger partial charge in [0, 0.05) is 12.7 Å². The molecule has 0 amide bonds. The zero-order valence-electron chi connectivity index (χ0n) is 15.2. The SMILES string of the molecule is CCOc1ccccc1O[C@@H]1CCCN(c2ccc(C(=O)OC)cn2)C1. The summed E-state index contributed by atoms with van der Waals surface area (Å²) in [5.74, 6) is 2.00. The molecule has 1 aromatic heterocycles. The number of rotatable bonds is 6. The molecule has 6 nitrogen and oxygen atoms in total. The summed E-state index contributed by atoms with van der Waals surface area (Å²) in [6.45, 7) is 4.22. The monoisotopic (exact) mass is 356 g/mol. The fourth-order valence-electron chi connectivity index (χ4n) is 3.06. The normalized spacial score (nSPS) is 16.8. The number of carbonyl (C=O) groups is 1. The number of anilines is 1. The molecule has 1 atom stereocenters. The van der Waals surface area contributed by atoms with E-state index < -0.39 is 0 Å². The van der Waals surface area contributed by atoms with Gasteiger partial charge in [-0.05, 0) is 44.0 Å². The molecule has 0 bridgehead atoms. The molecule has 1 aromatic carbocycles. The van der Waals surface area contributed by atoms with Gasteiger partial charge >= 0.3 is 5.97 Å². The molecule has 2 heterocycles. The van der Waals surface area contributed by atoms with Crippen molar-refractivity contribution >= 4 is 11.8 Å². The van der Waals surface area contributed by atoms with Crippen molar-refractivity contribution in [3.8, 4) is 11.5 Å². The molecular weight excluding hydrogens is 332 g/mol. The third kappa shape index (κ3) is 4.25. The quantitative estimate of drug-likeness (QED) is 0.740. The second-order valence-corrected chi connectivity index (χ2v) is 6.10. The number of piperidine rings is 1. The van der Waals surface area contributed by atoms with E-state index in [4.69, 9.17) is 14.2 Å². The lowest BCUT2D eigenvalue weighted by Crippen LogP contribution is -2.41. The highest BCUT2D eigenvalue weighted by atomic mass is 16.5. The van der Waals surface area contributed by atoms with Crippen LogP contribution in [0.1, 0.15) is 30.1 Å². The van der Waals surface area contributed by atoms with Gasteiger partial charge in [-0.1, -0.05) is 12.1 Å². The number of pyridine rings is 1. The van der Waals surface area contributed by atoms with Gasteiger partial charge < -0.3 is 19.1 Å². The fraction of sp³-hybridized carbons (Fsp3) is 0.400. The molecular formula is C20H24N2O4. The van der Waals surface area contributed by atoms with Crippen LogP contribution < -0.4 is 14.4 Å². The maximum absolute atomic E-state index is 11.5. The van der Waals surface area contributed by atoms with E-state index in [1.165, 1.54) is 7.11 Å². The molecule has 1 aliphatic rings. The number of aromatic nitrogens is 1. The standard InChI is InChI=1S/C20H24N2O4/c1-3-25-17-8-4-5-9-18(17)26-16-7-6-12-22(14-16)19-11-10-15(13-21-19)20(23)24-2/h4-5,8-11,13,16H,3,6-7,12,14H2,1-2H3/t16-/m1/s1. The van der Waals surface area contributed by atoms with E-state index in [0.29, 0.717) is 12.2 Å². The molecule has 6 heteroatoms. The maximum Gasteiger partial charge on any atom is 0.339 e. The van der Waals surface area contributed by atoms with Gasteiger partial charge in [0.15, 0.2) is 11.5 Å². The number of benzene rings is 1. The largest absolute Gasteiger partial charge is 0.490 e. The Morgan fingerprint density at radius 1 is 1.23 bits per heavy atom. The molecule has 3 rings (SSSR count). The predicted molar refractivity (Wildman–Crippen MR) is 99.1 cm³/mol. The molecule has 1 aliphatic heterocycles. The first-order valence-corrected chi connectivity index (χ1v) is 8.89. The lowest BCUT2D eigenvalue weighted by atomic mass is 10.1. The summed E-state index contributed by atoms with van der Waals surface area (Å²) in [5.41, 5.74) is 0.451. The minimum Gasteiger partial charge on any atom is -0.490 e. The van der Waals surface area contributed by atoms with Gasteiger partial charge in [-0.2, -0.15) is 0 Å². The van der Waals surface area contributed by atoms with Crippen molar-refractivity contribution in [2.75, 3.05) is 31.7 Å². The highest BCUT2D eigenvalue weighted by Crippen LogP contribution is 2.29. The number of methoxy groups -OCH3 is 1. The van der Waals surface area contributed by atoms with Crippen molar-refractivity contribution < 1.29 is 19.0 Å². The Kier molecular flexibility index (Phi) is 5.94. The van der Waals surface area contributed by atoms with Crippen LogP contribution in [0.3, 0.4) is 0 Å². The Bertz CT molecular complexity index is 733. The topological polar surface area (TPSA) is 60.9 Å². The van der Waals surface area contributed by atoms with Crippen molar-refractivity contribution in [1.29, 1.82) is 0 Å². The molecule has 26 heavy (non-hydrogen) atoms. The van der Waals surface area contributed by atoms with Crippen molar-refractivity contribution in [1.82, 2.24) is 4.98 Å². The molecule has 2 aromatic rings. The third-order valence-electron chi connectivity index (χ3n) is 4.31. The van der Waals surface area contributed by atoms with Gasteiger partial charge in [0.2, 0.25) is 0 Å². The molecule has 1 saturated heterocycles. The van der Waals surface area contributed by atoms with Gasteiger partial charge in [-0.3, -0.25) is 0 Å². The minimum atomic E-state index is -0.378. The van der Waals surface area contributed by atoms with Crippen LogP contribution in [0.5, 0.6) is 11.5 Å². The van der Waals surface area contributed by atoms with E-state index in [1.807, 2.05) is 37.3 Å². The number of nitrogens with zero attached hydrogens (tertiary/aromatic N) is 2. The molecule has 0 N–H and O–H groups in total. The van der Waals surface area contributed by atoms with Crippen molar-refractivity contribution in [3.05, 3.63) is 48.2 Å². The molecule has 1 fully saturated rings. The van der Waals surface area contributed by atoms with Gasteiger partial charge in [0.25, 0.3) is 0 Å². The van der Waals surface area contributed by atoms with E-state index in [2.05, 4.69) is 9.88 Å². The third-order valence-corrected chi connectivity index (χ3v) is 4.31. The Balaban J connectivity index is 1.67. The zero-order chi connectivity index (χ0) is 18.4. The molecule has 0 aliphatic carbocycles. The summed E-state index contributed by atoms with van der Waals surface area (Å²) < 4.78 is 16.6. The van der Waals surface area contributed by atoms with E-state index in [0.717, 1.165) is 43.2 Å². The summed E-state index contributed by atoms with van der Waals surface area (Å²) >= 11 is 0. The summed E-state index contributed by atoms with van der Waals surface area (Å²) in [6, 6.07) is 11.3. The summed E-state index contributed by atoms with van der Waals surface area (Å²) in [5, 5.41) is 0. The Morgan fingerprint density at radius 3 is 2.73 bits per heavy atom. The number of para-hydroxylation sites is 2. The number of carbonyl (C=O) groups excluding carboxylic acids is 1. The number of ether oxygens (including phenoxy) is 3. The van der Waals surface area contributed by atoms with Gasteiger partial charge in [-0.15, -0.1) is 0 Å². The lowest BCUT2D eigenvalue weighted by Gasteiger charge is -2.34. The number of hydrogen-bond acceptors (Lipinski definition) is 6. The highest BCUT2D eigenvalue weighted by molar-refractivity contribution is 5.89. The van der Waals surface area contributed by atoms with Crippen LogP contribution in [0.15, 0.2) is 42.6 Å². The van der Waals surface area contributed by atoms with Crippen molar-refractivity contribution in [2.24, 2.45) is 0 Å². The Labute approximate surface area is 153 Å². The summed E-state index contributed by atoms with van der Waals surface area (Å²) in [7, 11) is 1.36. The second kappa shape index (κ2) is 8.56. The first kappa shape index (κ1) is 18.0. The van der Waals surface area contributed by atoms with Crippen LogP contribution in [-0.4, -0.2) is 43.9 Å². The van der Waals surface area contributed by atoms with Crippen LogP contribution in [0.25, 0.3) is 0 Å². The van der Waals surface area contributed by atoms with Gasteiger partial charge in [0.05, 0.1) is 25.8 Å². The zero-order valence-corrected chi connectivity index (χ0v) is 15.2. The van der Waals surface area contributed by atoms with Crippen LogP contribution in [0.2, 0.25) is 0 Å². The number of hydrogen-bond donors (Lipinski definition) is 0. The molecule has 0 radical (unpaired) electrons. The van der Waals surface area contributed by atoms with E-state index >= 15 is 0 Å². The van der Waals surface area contributed by atoms with Gasteiger partial charge in [-0.25, -0.2) is 9.78 Å². The fourth-order valence-corrected chi connectivity index (χ4v) is 3.06. The second-order valence-electron chi connectivity index (χ2n) is 6.10. The smallest absolute Gasteiger partial charge is 0.339 e. The first-order valence-electron chi connectivity index (χ1n) is 8.89. The minimum absolute atomic E-state index is 0.0624. The van der Waals surface area contributed by atoms with Crippen LogP contribution in [0, 0.1) is 0 Å². The predicted octanol–water partition coefficient (Wildman–Crippen LogP) is 3.31. The van der Waals surface area contributed by atoms with Crippen LogP contribution >= 0.6 is 0 Å². The van der Waals surface area contributed by atoms with E-state index in [1.54, 1.807) is 12.3 Å². The van der Waals surface area contributed by atoms with Gasteiger partial charge in [0.1, 0.15) is 11.9 Å². The molecule has 138 valence electrons. The Hall–Kier alpha value is -2.76. The van der Waals surface area contributed by atoms with Crippen molar-refractivity contribution in [3.63, 3.8) is 0 Å². The average molecular weight is 356 g/mol. The van der Waals surface area contributed by atoms with E-state index in [9.17, 15) is 4.79 Å². The molecule has 0 unspecified atom stereocenters.